The average Bonchev–Trinajstić information content (AvgIpc) is 3.91. The van der Waals surface area contributed by atoms with E-state index in [-0.39, 0.29) is 41.8 Å². The molecule has 4 aromatic rings. The van der Waals surface area contributed by atoms with Crippen LogP contribution in [-0.2, 0) is 14.3 Å². The van der Waals surface area contributed by atoms with Gasteiger partial charge in [-0.3, -0.25) is 14.4 Å². The number of hydrogen-bond acceptors (Lipinski definition) is 6. The van der Waals surface area contributed by atoms with Crippen molar-refractivity contribution in [3.05, 3.63) is 78.1 Å². The molecule has 1 saturated carbocycles. The normalized spacial score (nSPS) is 19.9. The predicted octanol–water partition coefficient (Wildman–Crippen LogP) is 6.36. The van der Waals surface area contributed by atoms with Crippen LogP contribution in [0.2, 0.25) is 0 Å². The number of alkyl carbamates (subject to hydrolysis) is 1. The maximum absolute atomic E-state index is 13.2. The van der Waals surface area contributed by atoms with Crippen molar-refractivity contribution in [1.82, 2.24) is 30.8 Å². The quantitative estimate of drug-likeness (QED) is 0.152. The smallest absolute Gasteiger partial charge is 0.407 e. The summed E-state index contributed by atoms with van der Waals surface area (Å²) in [5.74, 6) is 0.811. The van der Waals surface area contributed by atoms with E-state index in [1.165, 1.54) is 7.11 Å². The van der Waals surface area contributed by atoms with Gasteiger partial charge < -0.3 is 30.6 Å². The molecule has 3 aromatic carbocycles. The summed E-state index contributed by atoms with van der Waals surface area (Å²) in [6.07, 6.45) is 3.59. The minimum Gasteiger partial charge on any atom is -0.453 e. The van der Waals surface area contributed by atoms with Crippen molar-refractivity contribution in [1.29, 1.82) is 0 Å². The van der Waals surface area contributed by atoms with Crippen LogP contribution in [0.4, 0.5) is 4.79 Å². The fraction of sp³-hybridized carbons (Fsp3) is 0.425. The standard InChI is InChI=1S/C40H48N6O5/c1-23(2)24(3)39(49)46-21-7-10-35(46)36-42-33-20-19-30(22-34(33)43-36)28-13-11-26(12-14-28)27-15-17-29(18-16-27)38(48)45-32-9-6-8-31(32)44-37(47)25(4)41-40(50)51-5/h11-20,22-25,31-32,35H,6-10,21H2,1-5H3,(H,41,50)(H,42,43)(H,44,47)(H,45,48)/t24-,25-,31-,32-,35-/m0/s1. The van der Waals surface area contributed by atoms with Crippen molar-refractivity contribution in [2.45, 2.75) is 84.0 Å². The first-order chi connectivity index (χ1) is 24.5. The average molecular weight is 693 g/mol. The third-order valence-electron chi connectivity index (χ3n) is 10.5. The highest BCUT2D eigenvalue weighted by molar-refractivity contribution is 5.95. The van der Waals surface area contributed by atoms with Gasteiger partial charge in [0.15, 0.2) is 0 Å². The maximum atomic E-state index is 13.2. The number of methoxy groups -OCH3 is 1. The molecule has 1 aliphatic carbocycles. The molecular formula is C40H48N6O5. The zero-order valence-corrected chi connectivity index (χ0v) is 30.0. The number of nitrogens with zero attached hydrogens (tertiary/aromatic N) is 2. The lowest BCUT2D eigenvalue weighted by atomic mass is 9.96. The molecule has 0 radical (unpaired) electrons. The van der Waals surface area contributed by atoms with Crippen molar-refractivity contribution in [2.24, 2.45) is 11.8 Å². The number of rotatable bonds is 10. The second-order valence-electron chi connectivity index (χ2n) is 14.2. The lowest BCUT2D eigenvalue weighted by molar-refractivity contribution is -0.137. The third kappa shape index (κ3) is 7.92. The molecule has 6 rings (SSSR count). The predicted molar refractivity (Wildman–Crippen MR) is 197 cm³/mol. The zero-order chi connectivity index (χ0) is 36.2. The summed E-state index contributed by atoms with van der Waals surface area (Å²) in [6, 6.07) is 20.9. The van der Waals surface area contributed by atoms with Crippen molar-refractivity contribution in [3.63, 3.8) is 0 Å². The Morgan fingerprint density at radius 3 is 2.06 bits per heavy atom. The summed E-state index contributed by atoms with van der Waals surface area (Å²) in [6.45, 7) is 8.56. The molecule has 2 heterocycles. The highest BCUT2D eigenvalue weighted by atomic mass is 16.5. The molecule has 0 spiro atoms. The van der Waals surface area contributed by atoms with E-state index in [1.54, 1.807) is 6.92 Å². The summed E-state index contributed by atoms with van der Waals surface area (Å²) >= 11 is 0. The number of carbonyl (C=O) groups is 4. The van der Waals surface area contributed by atoms with Crippen LogP contribution in [0.15, 0.2) is 66.7 Å². The second-order valence-corrected chi connectivity index (χ2v) is 14.2. The number of aromatic amines is 1. The lowest BCUT2D eigenvalue weighted by Crippen LogP contribution is -2.53. The minimum atomic E-state index is -0.755. The molecule has 4 N–H and O–H groups in total. The topological polar surface area (TPSA) is 146 Å². The number of likely N-dealkylation sites (tertiary alicyclic amines) is 1. The Morgan fingerprint density at radius 1 is 0.804 bits per heavy atom. The molecule has 0 bridgehead atoms. The number of benzene rings is 3. The fourth-order valence-electron chi connectivity index (χ4n) is 7.06. The van der Waals surface area contributed by atoms with Crippen LogP contribution in [0, 0.1) is 11.8 Å². The van der Waals surface area contributed by atoms with Crippen molar-refractivity contribution in [3.8, 4) is 22.3 Å². The summed E-state index contributed by atoms with van der Waals surface area (Å²) in [7, 11) is 1.24. The number of carbonyl (C=O) groups excluding carboxylic acids is 4. The number of aromatic nitrogens is 2. The Hall–Kier alpha value is -5.19. The molecule has 11 nitrogen and oxygen atoms in total. The number of hydrogen-bond donors (Lipinski definition) is 4. The van der Waals surface area contributed by atoms with Gasteiger partial charge in [0, 0.05) is 30.1 Å². The van der Waals surface area contributed by atoms with Crippen LogP contribution in [0.25, 0.3) is 33.3 Å². The highest BCUT2D eigenvalue weighted by Gasteiger charge is 2.35. The summed E-state index contributed by atoms with van der Waals surface area (Å²) in [5.41, 5.74) is 6.55. The van der Waals surface area contributed by atoms with Crippen LogP contribution in [0.5, 0.6) is 0 Å². The van der Waals surface area contributed by atoms with Gasteiger partial charge >= 0.3 is 6.09 Å². The third-order valence-corrected chi connectivity index (χ3v) is 10.5. The monoisotopic (exact) mass is 692 g/mol. The lowest BCUT2D eigenvalue weighted by Gasteiger charge is -2.27. The largest absolute Gasteiger partial charge is 0.453 e. The molecule has 11 heteroatoms. The van der Waals surface area contributed by atoms with Gasteiger partial charge in [-0.2, -0.15) is 0 Å². The van der Waals surface area contributed by atoms with Gasteiger partial charge in [-0.25, -0.2) is 9.78 Å². The molecule has 5 atom stereocenters. The molecule has 4 amide bonds. The fourth-order valence-corrected chi connectivity index (χ4v) is 7.06. The highest BCUT2D eigenvalue weighted by Crippen LogP contribution is 2.35. The molecule has 51 heavy (non-hydrogen) atoms. The zero-order valence-electron chi connectivity index (χ0n) is 30.0. The minimum absolute atomic E-state index is 0.0196. The first kappa shape index (κ1) is 35.6. The van der Waals surface area contributed by atoms with E-state index >= 15 is 0 Å². The number of ether oxygens (including phenoxy) is 1. The van der Waals surface area contributed by atoms with E-state index in [9.17, 15) is 19.2 Å². The van der Waals surface area contributed by atoms with Gasteiger partial charge in [0.25, 0.3) is 5.91 Å². The summed E-state index contributed by atoms with van der Waals surface area (Å²) < 4.78 is 4.57. The summed E-state index contributed by atoms with van der Waals surface area (Å²) in [5, 5.41) is 8.50. The van der Waals surface area contributed by atoms with Gasteiger partial charge in [0.05, 0.1) is 24.2 Å². The van der Waals surface area contributed by atoms with Gasteiger partial charge in [-0.1, -0.05) is 63.2 Å². The number of fused-ring (bicyclic) bond motifs is 1. The molecule has 2 fully saturated rings. The van der Waals surface area contributed by atoms with Gasteiger partial charge in [-0.05, 0) is 91.5 Å². The Labute approximate surface area is 298 Å². The van der Waals surface area contributed by atoms with Crippen molar-refractivity contribution >= 4 is 34.8 Å². The van der Waals surface area contributed by atoms with Crippen LogP contribution in [-0.4, -0.2) is 70.5 Å². The summed E-state index contributed by atoms with van der Waals surface area (Å²) in [4.78, 5) is 60.8. The Kier molecular flexibility index (Phi) is 10.7. The van der Waals surface area contributed by atoms with Crippen LogP contribution in [0.3, 0.4) is 0 Å². The van der Waals surface area contributed by atoms with E-state index in [4.69, 9.17) is 4.98 Å². The van der Waals surface area contributed by atoms with Gasteiger partial charge in [0.1, 0.15) is 11.9 Å². The van der Waals surface area contributed by atoms with Crippen molar-refractivity contribution < 1.29 is 23.9 Å². The van der Waals surface area contributed by atoms with E-state index in [0.29, 0.717) is 11.5 Å². The molecule has 268 valence electrons. The molecule has 1 saturated heterocycles. The number of nitrogens with one attached hydrogen (secondary N) is 4. The Morgan fingerprint density at radius 2 is 1.41 bits per heavy atom. The Balaban J connectivity index is 1.08. The molecule has 2 aliphatic rings. The van der Waals surface area contributed by atoms with Gasteiger partial charge in [0.2, 0.25) is 11.8 Å². The van der Waals surface area contributed by atoms with Crippen molar-refractivity contribution in [2.75, 3.05) is 13.7 Å². The molecule has 0 unspecified atom stereocenters. The van der Waals surface area contributed by atoms with E-state index < -0.39 is 12.1 Å². The first-order valence-electron chi connectivity index (χ1n) is 18.0. The van der Waals surface area contributed by atoms with Gasteiger partial charge in [-0.15, -0.1) is 0 Å². The number of H-pyrrole nitrogens is 1. The maximum Gasteiger partial charge on any atom is 0.407 e. The molecule has 1 aliphatic heterocycles. The first-order valence-corrected chi connectivity index (χ1v) is 18.0. The number of imidazole rings is 1. The number of amides is 4. The van der Waals surface area contributed by atoms with Crippen LogP contribution in [0.1, 0.15) is 82.0 Å². The Bertz CT molecular complexity index is 1890. The van der Waals surface area contributed by atoms with Crippen LogP contribution >= 0.6 is 0 Å². The second kappa shape index (κ2) is 15.4. The van der Waals surface area contributed by atoms with Crippen LogP contribution < -0.4 is 16.0 Å². The molecule has 1 aromatic heterocycles. The molecular weight excluding hydrogens is 644 g/mol. The SMILES string of the molecule is COC(=O)N[C@@H](C)C(=O)N[C@H]1CCC[C@@H]1NC(=O)c1ccc(-c2ccc(-c3ccc4nc([C@@H]5CCCN5C(=O)[C@@H](C)C(C)C)[nH]c4c3)cc2)cc1. The van der Waals surface area contributed by atoms with E-state index in [0.717, 1.165) is 77.8 Å². The van der Waals surface area contributed by atoms with E-state index in [1.807, 2.05) is 42.2 Å². The van der Waals surface area contributed by atoms with E-state index in [2.05, 4.69) is 75.9 Å².